The molecule has 2 saturated heterocycles. The van der Waals surface area contributed by atoms with Gasteiger partial charge in [0.2, 0.25) is 5.91 Å². The normalized spacial score (nSPS) is 20.3. The van der Waals surface area contributed by atoms with Gasteiger partial charge in [0.1, 0.15) is 12.7 Å². The molecular formula is C21H33N3O5. The molecule has 2 aliphatic heterocycles. The maximum atomic E-state index is 11.3. The molecule has 1 atom stereocenters. The zero-order chi connectivity index (χ0) is 20.6. The molecule has 1 aromatic carbocycles. The van der Waals surface area contributed by atoms with Gasteiger partial charge < -0.3 is 25.1 Å². The molecule has 8 heteroatoms. The van der Waals surface area contributed by atoms with Crippen molar-refractivity contribution in [1.29, 1.82) is 0 Å². The number of benzene rings is 1. The highest BCUT2D eigenvalue weighted by Gasteiger charge is 2.23. The summed E-state index contributed by atoms with van der Waals surface area (Å²) in [6.45, 7) is 6.36. The Kier molecular flexibility index (Phi) is 8.11. The summed E-state index contributed by atoms with van der Waals surface area (Å²) in [5.41, 5.74) is 6.53. The first-order chi connectivity index (χ1) is 14.0. The van der Waals surface area contributed by atoms with Gasteiger partial charge in [-0.1, -0.05) is 6.07 Å². The Morgan fingerprint density at radius 1 is 1.21 bits per heavy atom. The zero-order valence-electron chi connectivity index (χ0n) is 17.2. The van der Waals surface area contributed by atoms with Gasteiger partial charge in [-0.3, -0.25) is 14.6 Å². The molecule has 2 aliphatic rings. The van der Waals surface area contributed by atoms with E-state index in [2.05, 4.69) is 9.80 Å². The van der Waals surface area contributed by atoms with E-state index in [1.165, 1.54) is 0 Å². The van der Waals surface area contributed by atoms with Gasteiger partial charge in [-0.05, 0) is 43.6 Å². The predicted octanol–water partition coefficient (Wildman–Crippen LogP) is 0.464. The van der Waals surface area contributed by atoms with Gasteiger partial charge in [0.05, 0.1) is 20.3 Å². The Morgan fingerprint density at radius 2 is 1.93 bits per heavy atom. The lowest BCUT2D eigenvalue weighted by Gasteiger charge is -2.30. The fourth-order valence-corrected chi connectivity index (χ4v) is 3.89. The van der Waals surface area contributed by atoms with E-state index in [1.807, 2.05) is 18.2 Å². The lowest BCUT2D eigenvalue weighted by atomic mass is 9.96. The van der Waals surface area contributed by atoms with Crippen LogP contribution in [0.15, 0.2) is 18.2 Å². The number of hydrogen-bond acceptors (Lipinski definition) is 7. The lowest BCUT2D eigenvalue weighted by molar-refractivity contribution is -0.123. The minimum Gasteiger partial charge on any atom is -0.493 e. The highest BCUT2D eigenvalue weighted by atomic mass is 16.5. The fourth-order valence-electron chi connectivity index (χ4n) is 3.89. The van der Waals surface area contributed by atoms with Gasteiger partial charge >= 0.3 is 0 Å². The Labute approximate surface area is 172 Å². The van der Waals surface area contributed by atoms with Crippen molar-refractivity contribution >= 4 is 5.91 Å². The van der Waals surface area contributed by atoms with Gasteiger partial charge in [0.15, 0.2) is 11.5 Å². The maximum Gasteiger partial charge on any atom is 0.220 e. The highest BCUT2D eigenvalue weighted by molar-refractivity contribution is 5.76. The number of amides is 1. The Balaban J connectivity index is 1.52. The van der Waals surface area contributed by atoms with E-state index in [0.717, 1.165) is 51.1 Å². The van der Waals surface area contributed by atoms with Crippen molar-refractivity contribution in [2.24, 2.45) is 11.7 Å². The third-order valence-corrected chi connectivity index (χ3v) is 5.63. The summed E-state index contributed by atoms with van der Waals surface area (Å²) in [5, 5.41) is 10.3. The number of aliphatic hydroxyl groups excluding tert-OH is 1. The zero-order valence-corrected chi connectivity index (χ0v) is 17.2. The summed E-state index contributed by atoms with van der Waals surface area (Å²) >= 11 is 0. The second kappa shape index (κ2) is 10.8. The number of β-amino-alcohol motifs (C(OH)–C–C–N with tert-alkyl or cyclic N) is 1. The van der Waals surface area contributed by atoms with E-state index in [4.69, 9.17) is 19.9 Å². The highest BCUT2D eigenvalue weighted by Crippen LogP contribution is 2.29. The van der Waals surface area contributed by atoms with Crippen molar-refractivity contribution in [1.82, 2.24) is 9.80 Å². The molecule has 0 radical (unpaired) electrons. The number of primary amides is 1. The first-order valence-electron chi connectivity index (χ1n) is 10.3. The van der Waals surface area contributed by atoms with Crippen LogP contribution in [0.5, 0.6) is 11.5 Å². The van der Waals surface area contributed by atoms with Crippen LogP contribution in [-0.4, -0.2) is 86.6 Å². The number of hydrogen-bond donors (Lipinski definition) is 2. The summed E-state index contributed by atoms with van der Waals surface area (Å²) in [4.78, 5) is 15.8. The van der Waals surface area contributed by atoms with Gasteiger partial charge in [-0.2, -0.15) is 0 Å². The number of piperidine rings is 1. The number of carbonyl (C=O) groups is 1. The molecule has 2 heterocycles. The van der Waals surface area contributed by atoms with Crippen molar-refractivity contribution in [3.8, 4) is 11.5 Å². The van der Waals surface area contributed by atoms with Gasteiger partial charge in [0.25, 0.3) is 0 Å². The van der Waals surface area contributed by atoms with Crippen molar-refractivity contribution in [2.45, 2.75) is 25.5 Å². The van der Waals surface area contributed by atoms with Crippen LogP contribution in [0.3, 0.4) is 0 Å². The molecule has 3 N–H and O–H groups in total. The van der Waals surface area contributed by atoms with Crippen molar-refractivity contribution in [2.75, 3.05) is 59.7 Å². The molecule has 0 aromatic heterocycles. The molecule has 0 bridgehead atoms. The number of aliphatic hydroxyl groups is 1. The van der Waals surface area contributed by atoms with E-state index in [-0.39, 0.29) is 18.4 Å². The summed E-state index contributed by atoms with van der Waals surface area (Å²) in [6, 6.07) is 5.89. The Hall–Kier alpha value is -1.87. The minimum absolute atomic E-state index is 0.00559. The number of carbonyl (C=O) groups excluding carboxylic acids is 1. The molecule has 2 fully saturated rings. The fraction of sp³-hybridized carbons (Fsp3) is 0.667. The summed E-state index contributed by atoms with van der Waals surface area (Å²) in [6.07, 6.45) is 1.04. The number of morpholine rings is 1. The maximum absolute atomic E-state index is 11.3. The predicted molar refractivity (Wildman–Crippen MR) is 109 cm³/mol. The smallest absolute Gasteiger partial charge is 0.220 e. The number of ether oxygens (including phenoxy) is 3. The standard InChI is InChI=1S/C21H33N3O5/c1-27-19-3-2-16(13-23-6-4-17(5-7-23)21(22)26)12-20(19)29-15-18(25)14-24-8-10-28-11-9-24/h2-3,12,17-18,25H,4-11,13-15H2,1H3,(H2,22,26). The topological polar surface area (TPSA) is 97.5 Å². The average molecular weight is 408 g/mol. The molecule has 8 nitrogen and oxygen atoms in total. The average Bonchev–Trinajstić information content (AvgIpc) is 2.73. The van der Waals surface area contributed by atoms with Crippen LogP contribution in [0.25, 0.3) is 0 Å². The van der Waals surface area contributed by atoms with E-state index >= 15 is 0 Å². The number of rotatable bonds is 9. The molecule has 29 heavy (non-hydrogen) atoms. The first kappa shape index (κ1) is 21.8. The second-order valence-electron chi connectivity index (χ2n) is 7.82. The minimum atomic E-state index is -0.575. The number of nitrogens with zero attached hydrogens (tertiary/aromatic N) is 2. The molecular weight excluding hydrogens is 374 g/mol. The van der Waals surface area contributed by atoms with E-state index < -0.39 is 6.10 Å². The summed E-state index contributed by atoms with van der Waals surface area (Å²) in [5.74, 6) is 1.09. The van der Waals surface area contributed by atoms with Crippen LogP contribution < -0.4 is 15.2 Å². The third-order valence-electron chi connectivity index (χ3n) is 5.63. The van der Waals surface area contributed by atoms with Crippen molar-refractivity contribution in [3.05, 3.63) is 23.8 Å². The van der Waals surface area contributed by atoms with Crippen LogP contribution in [0.2, 0.25) is 0 Å². The summed E-state index contributed by atoms with van der Waals surface area (Å²) in [7, 11) is 1.61. The Bertz CT molecular complexity index is 658. The SMILES string of the molecule is COc1ccc(CN2CCC(C(N)=O)CC2)cc1OCC(O)CN1CCOCC1. The van der Waals surface area contributed by atoms with Gasteiger partial charge in [-0.15, -0.1) is 0 Å². The van der Waals surface area contributed by atoms with E-state index in [9.17, 15) is 9.90 Å². The molecule has 1 amide bonds. The molecule has 1 aromatic rings. The van der Waals surface area contributed by atoms with Gasteiger partial charge in [-0.25, -0.2) is 0 Å². The number of nitrogens with two attached hydrogens (primary N) is 1. The van der Waals surface area contributed by atoms with Crippen LogP contribution in [0.4, 0.5) is 0 Å². The summed E-state index contributed by atoms with van der Waals surface area (Å²) < 4.78 is 16.6. The lowest BCUT2D eigenvalue weighted by Crippen LogP contribution is -2.42. The molecule has 0 aliphatic carbocycles. The van der Waals surface area contributed by atoms with Crippen molar-refractivity contribution in [3.63, 3.8) is 0 Å². The van der Waals surface area contributed by atoms with Crippen LogP contribution >= 0.6 is 0 Å². The van der Waals surface area contributed by atoms with Gasteiger partial charge in [0, 0.05) is 32.1 Å². The van der Waals surface area contributed by atoms with E-state index in [0.29, 0.717) is 31.3 Å². The second-order valence-corrected chi connectivity index (χ2v) is 7.82. The molecule has 0 spiro atoms. The molecule has 3 rings (SSSR count). The largest absolute Gasteiger partial charge is 0.493 e. The quantitative estimate of drug-likeness (QED) is 0.614. The number of methoxy groups -OCH3 is 1. The van der Waals surface area contributed by atoms with Crippen molar-refractivity contribution < 1.29 is 24.1 Å². The van der Waals surface area contributed by atoms with Crippen LogP contribution in [0.1, 0.15) is 18.4 Å². The molecule has 162 valence electrons. The number of likely N-dealkylation sites (tertiary alicyclic amines) is 1. The van der Waals surface area contributed by atoms with Crippen LogP contribution in [-0.2, 0) is 16.1 Å². The third kappa shape index (κ3) is 6.57. The van der Waals surface area contributed by atoms with E-state index in [1.54, 1.807) is 7.11 Å². The first-order valence-corrected chi connectivity index (χ1v) is 10.3. The molecule has 1 unspecified atom stereocenters. The molecule has 0 saturated carbocycles. The monoisotopic (exact) mass is 407 g/mol. The Morgan fingerprint density at radius 3 is 2.59 bits per heavy atom. The van der Waals surface area contributed by atoms with Crippen LogP contribution in [0, 0.1) is 5.92 Å².